The number of Topliss-reactive ketones (excluding diaryl/α,β-unsaturated/α-hetero) is 1. The lowest BCUT2D eigenvalue weighted by molar-refractivity contribution is -0.117. The van der Waals surface area contributed by atoms with Crippen LogP contribution in [-0.2, 0) is 9.53 Å². The molecule has 0 radical (unpaired) electrons. The Bertz CT molecular complexity index is 1130. The molecular weight excluding hydrogens is 423 g/mol. The van der Waals surface area contributed by atoms with E-state index in [9.17, 15) is 10.1 Å². The molecule has 2 atom stereocenters. The smallest absolute Gasteiger partial charge is 0.205 e. The molecule has 4 rings (SSSR count). The minimum absolute atomic E-state index is 0.0269. The van der Waals surface area contributed by atoms with Crippen LogP contribution in [0, 0.1) is 11.3 Å². The molecule has 0 bridgehead atoms. The van der Waals surface area contributed by atoms with Crippen molar-refractivity contribution in [1.82, 2.24) is 0 Å². The number of carbonyl (C=O) groups is 1. The van der Waals surface area contributed by atoms with Gasteiger partial charge in [-0.05, 0) is 23.6 Å². The topological polar surface area (TPSA) is 85.3 Å². The number of nitrogens with two attached hydrogens (primary N) is 1. The number of nitriles is 1. The van der Waals surface area contributed by atoms with Crippen molar-refractivity contribution >= 4 is 29.0 Å². The van der Waals surface area contributed by atoms with Crippen molar-refractivity contribution in [1.29, 1.82) is 5.26 Å². The van der Waals surface area contributed by atoms with Crippen molar-refractivity contribution in [3.63, 3.8) is 0 Å². The minimum Gasteiger partial charge on any atom is -0.495 e. The van der Waals surface area contributed by atoms with Gasteiger partial charge in [-0.1, -0.05) is 53.5 Å². The van der Waals surface area contributed by atoms with Crippen LogP contribution in [0.1, 0.15) is 35.8 Å². The molecule has 0 fully saturated rings. The van der Waals surface area contributed by atoms with Crippen LogP contribution in [0.3, 0.4) is 0 Å². The van der Waals surface area contributed by atoms with Crippen LogP contribution in [0.15, 0.2) is 65.3 Å². The first-order chi connectivity index (χ1) is 14.4. The summed E-state index contributed by atoms with van der Waals surface area (Å²) in [6.45, 7) is 0. The van der Waals surface area contributed by atoms with E-state index in [0.717, 1.165) is 5.56 Å². The second-order valence-corrected chi connectivity index (χ2v) is 8.05. The Morgan fingerprint density at radius 2 is 1.93 bits per heavy atom. The third-order valence-corrected chi connectivity index (χ3v) is 5.98. The third kappa shape index (κ3) is 3.43. The van der Waals surface area contributed by atoms with E-state index in [2.05, 4.69) is 6.07 Å². The molecule has 0 saturated heterocycles. The highest BCUT2D eigenvalue weighted by Crippen LogP contribution is 2.50. The first-order valence-corrected chi connectivity index (χ1v) is 10.1. The van der Waals surface area contributed by atoms with Crippen LogP contribution in [0.5, 0.6) is 5.75 Å². The third-order valence-electron chi connectivity index (χ3n) is 5.48. The average molecular weight is 441 g/mol. The van der Waals surface area contributed by atoms with E-state index in [1.165, 1.54) is 7.11 Å². The van der Waals surface area contributed by atoms with E-state index < -0.39 is 5.92 Å². The lowest BCUT2D eigenvalue weighted by Crippen LogP contribution is -2.30. The maximum atomic E-state index is 13.3. The summed E-state index contributed by atoms with van der Waals surface area (Å²) in [6, 6.07) is 15.1. The highest BCUT2D eigenvalue weighted by Gasteiger charge is 2.42. The summed E-state index contributed by atoms with van der Waals surface area (Å²) in [7, 11) is 1.47. The molecule has 5 nitrogen and oxygen atoms in total. The highest BCUT2D eigenvalue weighted by molar-refractivity contribution is 6.35. The summed E-state index contributed by atoms with van der Waals surface area (Å²) in [5.41, 5.74) is 8.21. The van der Waals surface area contributed by atoms with Crippen molar-refractivity contribution in [3.8, 4) is 11.8 Å². The van der Waals surface area contributed by atoms with Crippen molar-refractivity contribution in [2.24, 2.45) is 5.73 Å². The van der Waals surface area contributed by atoms with E-state index in [4.69, 9.17) is 38.4 Å². The Labute approximate surface area is 184 Å². The van der Waals surface area contributed by atoms with Gasteiger partial charge in [0.2, 0.25) is 5.88 Å². The standard InChI is InChI=1S/C23H18Cl2N2O3/c1-29-22-15(9-14(24)10-17(22)25)20-16(11-26)23(27)30-19-8-13(7-18(28)21(19)20)12-5-3-2-4-6-12/h2-6,9-10,13,20H,7-8,27H2,1H3/t13-,20-/m0/s1. The average Bonchev–Trinajstić information content (AvgIpc) is 2.72. The fraction of sp³-hybridized carbons (Fsp3) is 0.217. The molecule has 152 valence electrons. The number of carbonyl (C=O) groups excluding carboxylic acids is 1. The summed E-state index contributed by atoms with van der Waals surface area (Å²) in [6.07, 6.45) is 0.801. The predicted octanol–water partition coefficient (Wildman–Crippen LogP) is 5.21. The number of halogens is 2. The maximum absolute atomic E-state index is 13.3. The van der Waals surface area contributed by atoms with Crippen LogP contribution in [-0.4, -0.2) is 12.9 Å². The zero-order valence-corrected chi connectivity index (χ0v) is 17.6. The number of rotatable bonds is 3. The van der Waals surface area contributed by atoms with Gasteiger partial charge in [0.25, 0.3) is 0 Å². The molecule has 2 aromatic carbocycles. The Kier molecular flexibility index (Phi) is 5.46. The molecular formula is C23H18Cl2N2O3. The number of allylic oxidation sites excluding steroid dienone is 3. The van der Waals surface area contributed by atoms with E-state index in [-0.39, 0.29) is 28.2 Å². The Morgan fingerprint density at radius 3 is 2.60 bits per heavy atom. The summed E-state index contributed by atoms with van der Waals surface area (Å²) < 4.78 is 11.3. The summed E-state index contributed by atoms with van der Waals surface area (Å²) in [4.78, 5) is 13.3. The van der Waals surface area contributed by atoms with Crippen LogP contribution >= 0.6 is 23.2 Å². The van der Waals surface area contributed by atoms with E-state index in [0.29, 0.717) is 40.5 Å². The molecule has 0 spiro atoms. The van der Waals surface area contributed by atoms with Gasteiger partial charge in [0.05, 0.1) is 18.1 Å². The van der Waals surface area contributed by atoms with Crippen LogP contribution in [0.25, 0.3) is 0 Å². The Balaban J connectivity index is 1.87. The molecule has 2 aliphatic rings. The van der Waals surface area contributed by atoms with Crippen molar-refractivity contribution in [2.75, 3.05) is 7.11 Å². The number of ketones is 1. The maximum Gasteiger partial charge on any atom is 0.205 e. The quantitative estimate of drug-likeness (QED) is 0.707. The summed E-state index contributed by atoms with van der Waals surface area (Å²) in [5, 5.41) is 10.4. The monoisotopic (exact) mass is 440 g/mol. The molecule has 0 aromatic heterocycles. The van der Waals surface area contributed by atoms with Gasteiger partial charge in [0.15, 0.2) is 5.78 Å². The van der Waals surface area contributed by atoms with E-state index in [1.54, 1.807) is 12.1 Å². The molecule has 1 aliphatic heterocycles. The lowest BCUT2D eigenvalue weighted by atomic mass is 9.73. The molecule has 7 heteroatoms. The largest absolute Gasteiger partial charge is 0.495 e. The number of methoxy groups -OCH3 is 1. The van der Waals surface area contributed by atoms with Crippen LogP contribution < -0.4 is 10.5 Å². The van der Waals surface area contributed by atoms with Crippen molar-refractivity contribution in [2.45, 2.75) is 24.7 Å². The second-order valence-electron chi connectivity index (χ2n) is 7.21. The van der Waals surface area contributed by atoms with Gasteiger partial charge in [0.1, 0.15) is 23.2 Å². The highest BCUT2D eigenvalue weighted by atomic mass is 35.5. The number of hydrogen-bond donors (Lipinski definition) is 1. The molecule has 1 heterocycles. The zero-order valence-electron chi connectivity index (χ0n) is 16.1. The summed E-state index contributed by atoms with van der Waals surface area (Å²) in [5.74, 6) is -0.0963. The second kappa shape index (κ2) is 8.06. The number of ether oxygens (including phenoxy) is 2. The van der Waals surface area contributed by atoms with Gasteiger partial charge in [0, 0.05) is 29.0 Å². The van der Waals surface area contributed by atoms with Gasteiger partial charge in [-0.25, -0.2) is 0 Å². The van der Waals surface area contributed by atoms with Gasteiger partial charge >= 0.3 is 0 Å². The molecule has 0 amide bonds. The normalized spacial score (nSPS) is 21.1. The van der Waals surface area contributed by atoms with E-state index >= 15 is 0 Å². The van der Waals surface area contributed by atoms with Gasteiger partial charge in [-0.3, -0.25) is 4.79 Å². The first kappa shape index (κ1) is 20.3. The molecule has 30 heavy (non-hydrogen) atoms. The molecule has 2 N–H and O–H groups in total. The summed E-state index contributed by atoms with van der Waals surface area (Å²) >= 11 is 12.6. The van der Waals surface area contributed by atoms with Crippen molar-refractivity contribution in [3.05, 3.63) is 86.4 Å². The first-order valence-electron chi connectivity index (χ1n) is 9.36. The van der Waals surface area contributed by atoms with Crippen LogP contribution in [0.4, 0.5) is 0 Å². The van der Waals surface area contributed by atoms with Gasteiger partial charge in [-0.2, -0.15) is 5.26 Å². The molecule has 1 aliphatic carbocycles. The molecule has 2 aromatic rings. The van der Waals surface area contributed by atoms with Gasteiger partial charge in [-0.15, -0.1) is 0 Å². The number of benzene rings is 2. The van der Waals surface area contributed by atoms with Gasteiger partial charge < -0.3 is 15.2 Å². The fourth-order valence-electron chi connectivity index (χ4n) is 4.19. The van der Waals surface area contributed by atoms with E-state index in [1.807, 2.05) is 30.3 Å². The SMILES string of the molecule is COc1c(Cl)cc(Cl)cc1[C@H]1C(C#N)=C(N)OC2=C1C(=O)C[C@H](c1ccccc1)C2. The fourth-order valence-corrected chi connectivity index (χ4v) is 4.78. The lowest BCUT2D eigenvalue weighted by Gasteiger charge is -2.34. The Hall–Kier alpha value is -2.94. The molecule has 0 saturated carbocycles. The Morgan fingerprint density at radius 1 is 1.20 bits per heavy atom. The van der Waals surface area contributed by atoms with Crippen molar-refractivity contribution < 1.29 is 14.3 Å². The molecule has 0 unspecified atom stereocenters. The number of hydrogen-bond acceptors (Lipinski definition) is 5. The number of nitrogens with zero attached hydrogens (tertiary/aromatic N) is 1. The van der Waals surface area contributed by atoms with Crippen LogP contribution in [0.2, 0.25) is 10.0 Å². The zero-order chi connectivity index (χ0) is 21.4. The predicted molar refractivity (Wildman–Crippen MR) is 114 cm³/mol. The minimum atomic E-state index is -0.755.